The van der Waals surface area contributed by atoms with E-state index in [1.807, 2.05) is 65.7 Å². The van der Waals surface area contributed by atoms with E-state index in [1.165, 1.54) is 0 Å². The monoisotopic (exact) mass is 563 g/mol. The smallest absolute Gasteiger partial charge is 0.242 e. The molecule has 0 bridgehead atoms. The van der Waals surface area contributed by atoms with Crippen LogP contribution >= 0.6 is 23.2 Å². The van der Waals surface area contributed by atoms with Crippen molar-refractivity contribution in [3.05, 3.63) is 106 Å². The number of rotatable bonds is 13. The SMILES string of the molecule is CCCCN(CC(=O)N(CCc1c[nH]c2ccccc12)Cc1ccc(Cl)c(Cl)c1)C(=O)CCc1ccccc1. The highest BCUT2D eigenvalue weighted by Crippen LogP contribution is 2.24. The van der Waals surface area contributed by atoms with E-state index in [2.05, 4.69) is 18.0 Å². The van der Waals surface area contributed by atoms with E-state index >= 15 is 0 Å². The Morgan fingerprint density at radius 2 is 1.56 bits per heavy atom. The lowest BCUT2D eigenvalue weighted by Crippen LogP contribution is -2.43. The topological polar surface area (TPSA) is 56.4 Å². The van der Waals surface area contributed by atoms with Crippen molar-refractivity contribution in [3.63, 3.8) is 0 Å². The third-order valence-corrected chi connectivity index (χ3v) is 7.71. The van der Waals surface area contributed by atoms with E-state index in [0.29, 0.717) is 48.9 Å². The number of aromatic amines is 1. The van der Waals surface area contributed by atoms with Crippen molar-refractivity contribution >= 4 is 45.9 Å². The summed E-state index contributed by atoms with van der Waals surface area (Å²) in [6.45, 7) is 3.62. The maximum atomic E-state index is 13.7. The normalized spacial score (nSPS) is 11.1. The number of fused-ring (bicyclic) bond motifs is 1. The lowest BCUT2D eigenvalue weighted by Gasteiger charge is -2.28. The van der Waals surface area contributed by atoms with Gasteiger partial charge in [0, 0.05) is 43.2 Å². The largest absolute Gasteiger partial charge is 0.361 e. The minimum Gasteiger partial charge on any atom is -0.361 e. The summed E-state index contributed by atoms with van der Waals surface area (Å²) in [5.41, 5.74) is 4.24. The zero-order valence-electron chi connectivity index (χ0n) is 22.3. The summed E-state index contributed by atoms with van der Waals surface area (Å²) >= 11 is 12.4. The maximum absolute atomic E-state index is 13.7. The quantitative estimate of drug-likeness (QED) is 0.185. The molecule has 1 aromatic heterocycles. The van der Waals surface area contributed by atoms with Crippen LogP contribution in [0.4, 0.5) is 0 Å². The number of amides is 2. The fourth-order valence-electron chi connectivity index (χ4n) is 4.70. The Labute approximate surface area is 240 Å². The summed E-state index contributed by atoms with van der Waals surface area (Å²) in [5, 5.41) is 2.09. The number of unbranched alkanes of at least 4 members (excludes halogenated alkanes) is 1. The van der Waals surface area contributed by atoms with Crippen LogP contribution in [-0.2, 0) is 29.0 Å². The minimum atomic E-state index is -0.0786. The molecular formula is C32H35Cl2N3O2. The molecule has 5 nitrogen and oxygen atoms in total. The Morgan fingerprint density at radius 3 is 2.33 bits per heavy atom. The lowest BCUT2D eigenvalue weighted by molar-refractivity contribution is -0.141. The lowest BCUT2D eigenvalue weighted by atomic mass is 10.1. The Kier molecular flexibility index (Phi) is 10.5. The number of hydrogen-bond donors (Lipinski definition) is 1. The standard InChI is InChI=1S/C32H35Cl2N3O2/c1-2-3-18-36(31(38)16-14-24-9-5-4-6-10-24)23-32(39)37(22-25-13-15-28(33)29(34)20-25)19-17-26-21-35-30-12-8-7-11-27(26)30/h4-13,15,20-21,35H,2-3,14,16-19,22-23H2,1H3. The molecule has 1 heterocycles. The van der Waals surface area contributed by atoms with Gasteiger partial charge in [0.2, 0.25) is 11.8 Å². The highest BCUT2D eigenvalue weighted by atomic mass is 35.5. The molecule has 0 aliphatic carbocycles. The van der Waals surface area contributed by atoms with Gasteiger partial charge in [-0.3, -0.25) is 9.59 Å². The van der Waals surface area contributed by atoms with Gasteiger partial charge in [-0.2, -0.15) is 0 Å². The van der Waals surface area contributed by atoms with Crippen molar-refractivity contribution in [2.24, 2.45) is 0 Å². The van der Waals surface area contributed by atoms with Gasteiger partial charge in [-0.25, -0.2) is 0 Å². The van der Waals surface area contributed by atoms with Gasteiger partial charge in [-0.05, 0) is 54.2 Å². The summed E-state index contributed by atoms with van der Waals surface area (Å²) in [4.78, 5) is 33.8. The Hall–Kier alpha value is -3.28. The molecule has 0 unspecified atom stereocenters. The highest BCUT2D eigenvalue weighted by molar-refractivity contribution is 6.42. The molecule has 2 amide bonds. The molecule has 0 spiro atoms. The zero-order chi connectivity index (χ0) is 27.6. The first-order valence-corrected chi connectivity index (χ1v) is 14.3. The molecule has 0 aliphatic heterocycles. The van der Waals surface area contributed by atoms with E-state index in [-0.39, 0.29) is 18.4 Å². The third-order valence-electron chi connectivity index (χ3n) is 6.97. The molecule has 1 N–H and O–H groups in total. The maximum Gasteiger partial charge on any atom is 0.242 e. The molecule has 4 rings (SSSR count). The summed E-state index contributed by atoms with van der Waals surface area (Å²) < 4.78 is 0. The van der Waals surface area contributed by atoms with E-state index in [1.54, 1.807) is 17.0 Å². The van der Waals surface area contributed by atoms with Gasteiger partial charge in [-0.1, -0.05) is 91.1 Å². The molecule has 39 heavy (non-hydrogen) atoms. The summed E-state index contributed by atoms with van der Waals surface area (Å²) in [6, 6.07) is 23.6. The fraction of sp³-hybridized carbons (Fsp3) is 0.312. The average molecular weight is 565 g/mol. The van der Waals surface area contributed by atoms with Crippen LogP contribution < -0.4 is 0 Å². The summed E-state index contributed by atoms with van der Waals surface area (Å²) in [7, 11) is 0. The first-order valence-electron chi connectivity index (χ1n) is 13.5. The molecular weight excluding hydrogens is 529 g/mol. The molecule has 204 valence electrons. The molecule has 0 atom stereocenters. The minimum absolute atomic E-state index is 0.00627. The Morgan fingerprint density at radius 1 is 0.795 bits per heavy atom. The van der Waals surface area contributed by atoms with Gasteiger partial charge < -0.3 is 14.8 Å². The average Bonchev–Trinajstić information content (AvgIpc) is 3.37. The molecule has 0 aliphatic rings. The van der Waals surface area contributed by atoms with Crippen molar-refractivity contribution in [2.45, 2.75) is 45.6 Å². The number of H-pyrrole nitrogens is 1. The van der Waals surface area contributed by atoms with Gasteiger partial charge in [0.05, 0.1) is 16.6 Å². The van der Waals surface area contributed by atoms with Crippen LogP contribution in [0.5, 0.6) is 0 Å². The predicted octanol–water partition coefficient (Wildman–Crippen LogP) is 7.31. The predicted molar refractivity (Wildman–Crippen MR) is 160 cm³/mol. The number of benzene rings is 3. The van der Waals surface area contributed by atoms with Crippen LogP contribution in [0.3, 0.4) is 0 Å². The zero-order valence-corrected chi connectivity index (χ0v) is 23.8. The molecule has 0 saturated heterocycles. The molecule has 0 radical (unpaired) electrons. The number of aromatic nitrogens is 1. The first-order chi connectivity index (χ1) is 18.9. The van der Waals surface area contributed by atoms with E-state index < -0.39 is 0 Å². The number of aryl methyl sites for hydroxylation is 1. The van der Waals surface area contributed by atoms with Gasteiger partial charge in [0.1, 0.15) is 0 Å². The van der Waals surface area contributed by atoms with Crippen molar-refractivity contribution < 1.29 is 9.59 Å². The molecule has 7 heteroatoms. The van der Waals surface area contributed by atoms with Gasteiger partial charge >= 0.3 is 0 Å². The summed E-state index contributed by atoms with van der Waals surface area (Å²) in [5.74, 6) is -0.0724. The number of hydrogen-bond acceptors (Lipinski definition) is 2. The molecule has 3 aromatic carbocycles. The first kappa shape index (κ1) is 28.7. The van der Waals surface area contributed by atoms with Gasteiger partial charge in [-0.15, -0.1) is 0 Å². The van der Waals surface area contributed by atoms with Gasteiger partial charge in [0.15, 0.2) is 0 Å². The van der Waals surface area contributed by atoms with Crippen LogP contribution in [0.2, 0.25) is 10.0 Å². The number of nitrogens with one attached hydrogen (secondary N) is 1. The van der Waals surface area contributed by atoms with Crippen LogP contribution in [0.1, 0.15) is 42.9 Å². The summed E-state index contributed by atoms with van der Waals surface area (Å²) in [6.07, 6.45) is 5.53. The van der Waals surface area contributed by atoms with Crippen molar-refractivity contribution in [3.8, 4) is 0 Å². The number of para-hydroxylation sites is 1. The van der Waals surface area contributed by atoms with Crippen molar-refractivity contribution in [1.82, 2.24) is 14.8 Å². The van der Waals surface area contributed by atoms with E-state index in [4.69, 9.17) is 23.2 Å². The molecule has 4 aromatic rings. The van der Waals surface area contributed by atoms with Crippen LogP contribution in [-0.4, -0.2) is 46.2 Å². The number of halogens is 2. The van der Waals surface area contributed by atoms with Crippen molar-refractivity contribution in [2.75, 3.05) is 19.6 Å². The van der Waals surface area contributed by atoms with Crippen LogP contribution in [0, 0.1) is 0 Å². The number of carbonyl (C=O) groups is 2. The molecule has 0 fully saturated rings. The Bertz CT molecular complexity index is 1390. The van der Waals surface area contributed by atoms with Gasteiger partial charge in [0.25, 0.3) is 0 Å². The van der Waals surface area contributed by atoms with Crippen LogP contribution in [0.15, 0.2) is 79.0 Å². The van der Waals surface area contributed by atoms with Crippen molar-refractivity contribution in [1.29, 1.82) is 0 Å². The highest BCUT2D eigenvalue weighted by Gasteiger charge is 2.22. The Balaban J connectivity index is 1.49. The fourth-order valence-corrected chi connectivity index (χ4v) is 5.02. The van der Waals surface area contributed by atoms with E-state index in [0.717, 1.165) is 40.4 Å². The third kappa shape index (κ3) is 8.11. The second-order valence-corrected chi connectivity index (χ2v) is 10.6. The van der Waals surface area contributed by atoms with Crippen LogP contribution in [0.25, 0.3) is 10.9 Å². The number of nitrogens with zero attached hydrogens (tertiary/aromatic N) is 2. The number of carbonyl (C=O) groups excluding carboxylic acids is 2. The second-order valence-electron chi connectivity index (χ2n) is 9.83. The molecule has 0 saturated carbocycles. The second kappa shape index (κ2) is 14.2. The van der Waals surface area contributed by atoms with E-state index in [9.17, 15) is 9.59 Å².